The number of rotatable bonds is 6. The highest BCUT2D eigenvalue weighted by molar-refractivity contribution is 6.31. The number of carbonyl (C=O) groups is 1. The lowest BCUT2D eigenvalue weighted by molar-refractivity contribution is -0.123. The van der Waals surface area contributed by atoms with Crippen molar-refractivity contribution < 1.29 is 4.79 Å². The molecule has 2 aromatic rings. The van der Waals surface area contributed by atoms with Gasteiger partial charge in [-0.25, -0.2) is 0 Å². The van der Waals surface area contributed by atoms with Crippen molar-refractivity contribution in [3.05, 3.63) is 70.7 Å². The van der Waals surface area contributed by atoms with E-state index in [1.165, 1.54) is 5.56 Å². The SMILES string of the molecule is C[C@@H](NC(=O)CN1CCN(Cc2ccccc2)CC1)c1ccccc1Cl. The van der Waals surface area contributed by atoms with Crippen molar-refractivity contribution in [2.45, 2.75) is 19.5 Å². The van der Waals surface area contributed by atoms with Crippen LogP contribution in [-0.2, 0) is 11.3 Å². The van der Waals surface area contributed by atoms with Gasteiger partial charge in [0.25, 0.3) is 0 Å². The summed E-state index contributed by atoms with van der Waals surface area (Å²) in [6.45, 7) is 7.20. The van der Waals surface area contributed by atoms with Crippen LogP contribution in [0.3, 0.4) is 0 Å². The molecule has 0 spiro atoms. The van der Waals surface area contributed by atoms with E-state index in [4.69, 9.17) is 11.6 Å². The first-order chi connectivity index (χ1) is 12.6. The number of hydrogen-bond donors (Lipinski definition) is 1. The Hall–Kier alpha value is -1.88. The highest BCUT2D eigenvalue weighted by Crippen LogP contribution is 2.22. The molecule has 1 fully saturated rings. The third kappa shape index (κ3) is 5.31. The van der Waals surface area contributed by atoms with E-state index in [1.807, 2.05) is 37.3 Å². The van der Waals surface area contributed by atoms with E-state index >= 15 is 0 Å². The van der Waals surface area contributed by atoms with Gasteiger partial charge in [0.05, 0.1) is 12.6 Å². The van der Waals surface area contributed by atoms with Crippen molar-refractivity contribution in [2.75, 3.05) is 32.7 Å². The fourth-order valence-corrected chi connectivity index (χ4v) is 3.64. The number of nitrogens with one attached hydrogen (secondary N) is 1. The lowest BCUT2D eigenvalue weighted by Crippen LogP contribution is -2.49. The second-order valence-electron chi connectivity index (χ2n) is 6.85. The minimum absolute atomic E-state index is 0.0499. The number of amides is 1. The van der Waals surface area contributed by atoms with E-state index in [-0.39, 0.29) is 11.9 Å². The molecule has 4 nitrogen and oxygen atoms in total. The van der Waals surface area contributed by atoms with Crippen molar-refractivity contribution in [3.8, 4) is 0 Å². The summed E-state index contributed by atoms with van der Waals surface area (Å²) in [5, 5.41) is 3.75. The molecule has 2 aromatic carbocycles. The van der Waals surface area contributed by atoms with Crippen LogP contribution in [0.2, 0.25) is 5.02 Å². The van der Waals surface area contributed by atoms with E-state index in [0.717, 1.165) is 38.3 Å². The van der Waals surface area contributed by atoms with E-state index < -0.39 is 0 Å². The Kier molecular flexibility index (Phi) is 6.67. The van der Waals surface area contributed by atoms with Crippen LogP contribution in [-0.4, -0.2) is 48.4 Å². The molecule has 0 unspecified atom stereocenters. The molecule has 1 aliphatic heterocycles. The topological polar surface area (TPSA) is 35.6 Å². The van der Waals surface area contributed by atoms with Gasteiger partial charge in [0.2, 0.25) is 5.91 Å². The van der Waals surface area contributed by atoms with Crippen molar-refractivity contribution in [3.63, 3.8) is 0 Å². The monoisotopic (exact) mass is 371 g/mol. The summed E-state index contributed by atoms with van der Waals surface area (Å²) in [7, 11) is 0. The lowest BCUT2D eigenvalue weighted by atomic mass is 10.1. The fourth-order valence-electron chi connectivity index (χ4n) is 3.34. The van der Waals surface area contributed by atoms with Crippen LogP contribution in [0.15, 0.2) is 54.6 Å². The predicted molar refractivity (Wildman–Crippen MR) is 106 cm³/mol. The minimum atomic E-state index is -0.0874. The Morgan fingerprint density at radius 1 is 1.00 bits per heavy atom. The van der Waals surface area contributed by atoms with Gasteiger partial charge in [0.1, 0.15) is 0 Å². The normalized spacial score (nSPS) is 17.0. The number of hydrogen-bond acceptors (Lipinski definition) is 3. The molecular formula is C21H26ClN3O. The molecular weight excluding hydrogens is 346 g/mol. The van der Waals surface area contributed by atoms with E-state index in [9.17, 15) is 4.79 Å². The maximum Gasteiger partial charge on any atom is 0.234 e. The third-order valence-corrected chi connectivity index (χ3v) is 5.17. The molecule has 1 aliphatic rings. The molecule has 0 saturated carbocycles. The first kappa shape index (κ1) is 18.9. The van der Waals surface area contributed by atoms with E-state index in [2.05, 4.69) is 39.4 Å². The predicted octanol–water partition coefficient (Wildman–Crippen LogP) is 3.34. The van der Waals surface area contributed by atoms with Crippen LogP contribution in [0.5, 0.6) is 0 Å². The van der Waals surface area contributed by atoms with Gasteiger partial charge < -0.3 is 5.32 Å². The van der Waals surface area contributed by atoms with Gasteiger partial charge in [-0.05, 0) is 24.1 Å². The molecule has 3 rings (SSSR count). The summed E-state index contributed by atoms with van der Waals surface area (Å²) < 4.78 is 0. The van der Waals surface area contributed by atoms with Gasteiger partial charge in [0, 0.05) is 37.7 Å². The second kappa shape index (κ2) is 9.17. The van der Waals surface area contributed by atoms with Crippen molar-refractivity contribution in [1.29, 1.82) is 0 Å². The van der Waals surface area contributed by atoms with Gasteiger partial charge >= 0.3 is 0 Å². The van der Waals surface area contributed by atoms with E-state index in [0.29, 0.717) is 11.6 Å². The van der Waals surface area contributed by atoms with Crippen LogP contribution in [0.1, 0.15) is 24.1 Å². The first-order valence-corrected chi connectivity index (χ1v) is 9.52. The third-order valence-electron chi connectivity index (χ3n) is 4.83. The maximum atomic E-state index is 12.4. The first-order valence-electron chi connectivity index (χ1n) is 9.14. The summed E-state index contributed by atoms with van der Waals surface area (Å²) >= 11 is 6.21. The molecule has 138 valence electrons. The van der Waals surface area contributed by atoms with Crippen molar-refractivity contribution in [2.24, 2.45) is 0 Å². The Morgan fingerprint density at radius 2 is 1.62 bits per heavy atom. The molecule has 1 amide bonds. The molecule has 0 bridgehead atoms. The zero-order valence-electron chi connectivity index (χ0n) is 15.2. The van der Waals surface area contributed by atoms with Gasteiger partial charge in [0.15, 0.2) is 0 Å². The molecule has 1 heterocycles. The number of piperazine rings is 1. The largest absolute Gasteiger partial charge is 0.348 e. The highest BCUT2D eigenvalue weighted by atomic mass is 35.5. The Labute approximate surface area is 160 Å². The maximum absolute atomic E-state index is 12.4. The average molecular weight is 372 g/mol. The Bertz CT molecular complexity index is 714. The summed E-state index contributed by atoms with van der Waals surface area (Å²) in [5.41, 5.74) is 2.29. The number of halogens is 1. The Balaban J connectivity index is 1.43. The van der Waals surface area contributed by atoms with Crippen LogP contribution in [0, 0.1) is 0 Å². The summed E-state index contributed by atoms with van der Waals surface area (Å²) in [5.74, 6) is 0.0499. The van der Waals surface area contributed by atoms with Gasteiger partial charge in [-0.2, -0.15) is 0 Å². The minimum Gasteiger partial charge on any atom is -0.348 e. The van der Waals surface area contributed by atoms with Gasteiger partial charge in [-0.3, -0.25) is 14.6 Å². The molecule has 0 aliphatic carbocycles. The van der Waals surface area contributed by atoms with Crippen LogP contribution >= 0.6 is 11.6 Å². The number of benzene rings is 2. The van der Waals surface area contributed by atoms with Gasteiger partial charge in [-0.1, -0.05) is 60.1 Å². The van der Waals surface area contributed by atoms with Crippen molar-refractivity contribution >= 4 is 17.5 Å². The quantitative estimate of drug-likeness (QED) is 0.846. The molecule has 1 N–H and O–H groups in total. The zero-order valence-corrected chi connectivity index (χ0v) is 16.0. The molecule has 26 heavy (non-hydrogen) atoms. The molecule has 1 saturated heterocycles. The van der Waals surface area contributed by atoms with Crippen LogP contribution < -0.4 is 5.32 Å². The van der Waals surface area contributed by atoms with Crippen LogP contribution in [0.25, 0.3) is 0 Å². The molecule has 0 aromatic heterocycles. The molecule has 0 radical (unpaired) electrons. The van der Waals surface area contributed by atoms with Gasteiger partial charge in [-0.15, -0.1) is 0 Å². The lowest BCUT2D eigenvalue weighted by Gasteiger charge is -2.34. The molecule has 5 heteroatoms. The average Bonchev–Trinajstić information content (AvgIpc) is 2.64. The number of nitrogens with zero attached hydrogens (tertiary/aromatic N) is 2. The van der Waals surface area contributed by atoms with Crippen LogP contribution in [0.4, 0.5) is 0 Å². The highest BCUT2D eigenvalue weighted by Gasteiger charge is 2.20. The van der Waals surface area contributed by atoms with E-state index in [1.54, 1.807) is 0 Å². The second-order valence-corrected chi connectivity index (χ2v) is 7.26. The zero-order chi connectivity index (χ0) is 18.4. The van der Waals surface area contributed by atoms with Crippen molar-refractivity contribution in [1.82, 2.24) is 15.1 Å². The summed E-state index contributed by atoms with van der Waals surface area (Å²) in [6.07, 6.45) is 0. The summed E-state index contributed by atoms with van der Waals surface area (Å²) in [4.78, 5) is 17.0. The molecule has 1 atom stereocenters. The summed E-state index contributed by atoms with van der Waals surface area (Å²) in [6, 6.07) is 18.1. The Morgan fingerprint density at radius 3 is 2.31 bits per heavy atom. The smallest absolute Gasteiger partial charge is 0.234 e. The number of carbonyl (C=O) groups excluding carboxylic acids is 1. The fraction of sp³-hybridized carbons (Fsp3) is 0.381. The standard InChI is InChI=1S/C21H26ClN3O/c1-17(19-9-5-6-10-20(19)22)23-21(26)16-25-13-11-24(12-14-25)15-18-7-3-2-4-8-18/h2-10,17H,11-16H2,1H3,(H,23,26)/t17-/m1/s1.